The second kappa shape index (κ2) is 6.42. The fourth-order valence-corrected chi connectivity index (χ4v) is 2.54. The number of aliphatic hydroxyl groups excluding tert-OH is 1. The van der Waals surface area contributed by atoms with Crippen LogP contribution in [0.2, 0.25) is 0 Å². The lowest BCUT2D eigenvalue weighted by Gasteiger charge is -2.14. The first-order valence-electron chi connectivity index (χ1n) is 6.68. The van der Waals surface area contributed by atoms with Crippen molar-refractivity contribution in [3.8, 4) is 6.07 Å². The van der Waals surface area contributed by atoms with Crippen LogP contribution in [0.5, 0.6) is 0 Å². The van der Waals surface area contributed by atoms with E-state index in [1.807, 2.05) is 30.3 Å². The van der Waals surface area contributed by atoms with Gasteiger partial charge in [0.1, 0.15) is 0 Å². The summed E-state index contributed by atoms with van der Waals surface area (Å²) in [5.41, 5.74) is 1.85. The Morgan fingerprint density at radius 2 is 2.17 bits per heavy atom. The van der Waals surface area contributed by atoms with Crippen LogP contribution in [-0.4, -0.2) is 11.7 Å². The quantitative estimate of drug-likeness (QED) is 0.836. The van der Waals surface area contributed by atoms with Crippen molar-refractivity contribution >= 4 is 5.69 Å². The first kappa shape index (κ1) is 12.9. The van der Waals surface area contributed by atoms with Gasteiger partial charge in [-0.05, 0) is 36.5 Å². The minimum atomic E-state index is -0.678. The van der Waals surface area contributed by atoms with E-state index in [9.17, 15) is 5.11 Å². The molecule has 0 spiro atoms. The molecule has 1 aliphatic rings. The SMILES string of the molecule is N#CCC(O)c1cccc(NCC2CCCC2)c1. The molecular weight excluding hydrogens is 224 g/mol. The van der Waals surface area contributed by atoms with E-state index >= 15 is 0 Å². The van der Waals surface area contributed by atoms with Crippen LogP contribution in [0.25, 0.3) is 0 Å². The number of benzene rings is 1. The van der Waals surface area contributed by atoms with E-state index in [0.29, 0.717) is 0 Å². The van der Waals surface area contributed by atoms with E-state index in [1.165, 1.54) is 25.7 Å². The summed E-state index contributed by atoms with van der Waals surface area (Å²) in [6.07, 6.45) is 4.82. The summed E-state index contributed by atoms with van der Waals surface area (Å²) in [6.45, 7) is 1.01. The molecule has 0 bridgehead atoms. The average molecular weight is 244 g/mol. The summed E-state index contributed by atoms with van der Waals surface area (Å²) >= 11 is 0. The Morgan fingerprint density at radius 3 is 2.89 bits per heavy atom. The third-order valence-corrected chi connectivity index (χ3v) is 3.63. The van der Waals surface area contributed by atoms with Crippen LogP contribution < -0.4 is 5.32 Å². The molecule has 18 heavy (non-hydrogen) atoms. The van der Waals surface area contributed by atoms with Crippen LogP contribution in [-0.2, 0) is 0 Å². The Hall–Kier alpha value is -1.53. The predicted octanol–water partition coefficient (Wildman–Crippen LogP) is 3.24. The molecule has 0 aliphatic heterocycles. The van der Waals surface area contributed by atoms with Gasteiger partial charge in [0.15, 0.2) is 0 Å². The van der Waals surface area contributed by atoms with Crippen LogP contribution in [0.1, 0.15) is 43.8 Å². The third-order valence-electron chi connectivity index (χ3n) is 3.63. The highest BCUT2D eigenvalue weighted by atomic mass is 16.3. The van der Waals surface area contributed by atoms with Crippen molar-refractivity contribution in [2.75, 3.05) is 11.9 Å². The highest BCUT2D eigenvalue weighted by Gasteiger charge is 2.14. The van der Waals surface area contributed by atoms with Gasteiger partial charge in [-0.25, -0.2) is 0 Å². The van der Waals surface area contributed by atoms with Crippen molar-refractivity contribution in [1.29, 1.82) is 5.26 Å². The van der Waals surface area contributed by atoms with Crippen molar-refractivity contribution in [2.45, 2.75) is 38.2 Å². The highest BCUT2D eigenvalue weighted by Crippen LogP contribution is 2.25. The van der Waals surface area contributed by atoms with Crippen molar-refractivity contribution in [3.05, 3.63) is 29.8 Å². The summed E-state index contributed by atoms with van der Waals surface area (Å²) in [5.74, 6) is 0.790. The van der Waals surface area contributed by atoms with E-state index in [-0.39, 0.29) is 6.42 Å². The molecule has 1 saturated carbocycles. The number of hydrogen-bond donors (Lipinski definition) is 2. The fraction of sp³-hybridized carbons (Fsp3) is 0.533. The maximum atomic E-state index is 9.77. The molecule has 1 aromatic rings. The summed E-state index contributed by atoms with van der Waals surface area (Å²) < 4.78 is 0. The van der Waals surface area contributed by atoms with Gasteiger partial charge in [0.25, 0.3) is 0 Å². The second-order valence-electron chi connectivity index (χ2n) is 5.03. The summed E-state index contributed by atoms with van der Waals surface area (Å²) in [7, 11) is 0. The largest absolute Gasteiger partial charge is 0.387 e. The summed E-state index contributed by atoms with van der Waals surface area (Å²) in [6, 6.07) is 9.73. The third kappa shape index (κ3) is 3.48. The molecule has 3 heteroatoms. The van der Waals surface area contributed by atoms with Crippen LogP contribution >= 0.6 is 0 Å². The average Bonchev–Trinajstić information content (AvgIpc) is 2.90. The molecule has 3 nitrogen and oxygen atoms in total. The Kier molecular flexibility index (Phi) is 4.60. The molecule has 0 aromatic heterocycles. The lowest BCUT2D eigenvalue weighted by Crippen LogP contribution is -2.11. The van der Waals surface area contributed by atoms with Gasteiger partial charge in [-0.2, -0.15) is 5.26 Å². The molecule has 1 atom stereocenters. The zero-order chi connectivity index (χ0) is 12.8. The lowest BCUT2D eigenvalue weighted by molar-refractivity contribution is 0.183. The van der Waals surface area contributed by atoms with Gasteiger partial charge in [-0.15, -0.1) is 0 Å². The van der Waals surface area contributed by atoms with Crippen molar-refractivity contribution in [3.63, 3.8) is 0 Å². The maximum absolute atomic E-state index is 9.77. The van der Waals surface area contributed by atoms with Gasteiger partial charge >= 0.3 is 0 Å². The molecule has 0 amide bonds. The predicted molar refractivity (Wildman–Crippen MR) is 72.1 cm³/mol. The smallest absolute Gasteiger partial charge is 0.0920 e. The van der Waals surface area contributed by atoms with Gasteiger partial charge in [-0.3, -0.25) is 0 Å². The molecule has 96 valence electrons. The second-order valence-corrected chi connectivity index (χ2v) is 5.03. The van der Waals surface area contributed by atoms with E-state index in [1.54, 1.807) is 0 Å². The van der Waals surface area contributed by atoms with Crippen molar-refractivity contribution < 1.29 is 5.11 Å². The Morgan fingerprint density at radius 1 is 1.39 bits per heavy atom. The number of aliphatic hydroxyl groups is 1. The Balaban J connectivity index is 1.92. The Labute approximate surface area is 108 Å². The summed E-state index contributed by atoms with van der Waals surface area (Å²) in [4.78, 5) is 0. The van der Waals surface area contributed by atoms with E-state index in [2.05, 4.69) is 5.32 Å². The van der Waals surface area contributed by atoms with Crippen LogP contribution in [0, 0.1) is 17.2 Å². The van der Waals surface area contributed by atoms with Gasteiger partial charge < -0.3 is 10.4 Å². The minimum Gasteiger partial charge on any atom is -0.387 e. The van der Waals surface area contributed by atoms with Crippen molar-refractivity contribution in [1.82, 2.24) is 0 Å². The summed E-state index contributed by atoms with van der Waals surface area (Å²) in [5, 5.41) is 21.8. The van der Waals surface area contributed by atoms with Crippen molar-refractivity contribution in [2.24, 2.45) is 5.92 Å². The molecule has 1 fully saturated rings. The normalized spacial score (nSPS) is 17.3. The number of nitrogens with zero attached hydrogens (tertiary/aromatic N) is 1. The maximum Gasteiger partial charge on any atom is 0.0920 e. The highest BCUT2D eigenvalue weighted by molar-refractivity contribution is 5.46. The first-order valence-corrected chi connectivity index (χ1v) is 6.68. The van der Waals surface area contributed by atoms with Gasteiger partial charge in [0, 0.05) is 12.2 Å². The molecule has 1 aliphatic carbocycles. The first-order chi connectivity index (χ1) is 8.79. The molecule has 0 saturated heterocycles. The fourth-order valence-electron chi connectivity index (χ4n) is 2.54. The molecule has 1 aromatic carbocycles. The monoisotopic (exact) mass is 244 g/mol. The zero-order valence-electron chi connectivity index (χ0n) is 10.6. The molecule has 0 heterocycles. The minimum absolute atomic E-state index is 0.145. The number of anilines is 1. The zero-order valence-corrected chi connectivity index (χ0v) is 10.6. The topological polar surface area (TPSA) is 56.0 Å². The number of nitrogens with one attached hydrogen (secondary N) is 1. The van der Waals surface area contributed by atoms with Gasteiger partial charge in [0.2, 0.25) is 0 Å². The van der Waals surface area contributed by atoms with E-state index in [4.69, 9.17) is 5.26 Å². The lowest BCUT2D eigenvalue weighted by atomic mass is 10.1. The van der Waals surface area contributed by atoms with E-state index in [0.717, 1.165) is 23.7 Å². The van der Waals surface area contributed by atoms with Crippen LogP contribution in [0.15, 0.2) is 24.3 Å². The molecule has 0 radical (unpaired) electrons. The molecular formula is C15H20N2O. The number of rotatable bonds is 5. The van der Waals surface area contributed by atoms with Gasteiger partial charge in [0.05, 0.1) is 18.6 Å². The standard InChI is InChI=1S/C15H20N2O/c16-9-8-15(18)13-6-3-7-14(10-13)17-11-12-4-1-2-5-12/h3,6-7,10,12,15,17-18H,1-2,4-5,8,11H2. The van der Waals surface area contributed by atoms with Crippen LogP contribution in [0.3, 0.4) is 0 Å². The van der Waals surface area contributed by atoms with Gasteiger partial charge in [-0.1, -0.05) is 25.0 Å². The molecule has 2 rings (SSSR count). The van der Waals surface area contributed by atoms with Crippen LogP contribution in [0.4, 0.5) is 5.69 Å². The molecule has 1 unspecified atom stereocenters. The van der Waals surface area contributed by atoms with E-state index < -0.39 is 6.10 Å². The Bertz CT molecular complexity index is 419. The molecule has 2 N–H and O–H groups in total. The number of hydrogen-bond acceptors (Lipinski definition) is 3. The number of nitriles is 1.